The number of hydrogen-bond acceptors (Lipinski definition) is 1. The van der Waals surface area contributed by atoms with Crippen molar-refractivity contribution in [1.29, 1.82) is 0 Å². The van der Waals surface area contributed by atoms with Crippen LogP contribution in [0.15, 0.2) is 0 Å². The summed E-state index contributed by atoms with van der Waals surface area (Å²) in [4.78, 5) is 0. The Kier molecular flexibility index (Phi) is 3.84. The molecule has 0 spiro atoms. The standard InChI is InChI=1S/C12H22N2S/c1-9-5-4-8-11(9)14-12(15)13-10-6-2-3-7-10/h9-11H,2-8H2,1H3,(H2,13,14,15). The molecule has 2 saturated carbocycles. The van der Waals surface area contributed by atoms with E-state index in [9.17, 15) is 0 Å². The van der Waals surface area contributed by atoms with Crippen LogP contribution in [0.3, 0.4) is 0 Å². The molecule has 2 rings (SSSR count). The Balaban J connectivity index is 1.71. The van der Waals surface area contributed by atoms with Crippen LogP contribution in [-0.4, -0.2) is 17.2 Å². The molecule has 0 saturated heterocycles. The first-order valence-electron chi connectivity index (χ1n) is 6.33. The second kappa shape index (κ2) is 5.15. The van der Waals surface area contributed by atoms with Crippen LogP contribution in [0.2, 0.25) is 0 Å². The van der Waals surface area contributed by atoms with Crippen LogP contribution < -0.4 is 10.6 Å². The maximum absolute atomic E-state index is 5.36. The van der Waals surface area contributed by atoms with E-state index in [1.807, 2.05) is 0 Å². The minimum Gasteiger partial charge on any atom is -0.360 e. The number of rotatable bonds is 2. The minimum atomic E-state index is 0.617. The van der Waals surface area contributed by atoms with E-state index in [0.717, 1.165) is 11.0 Å². The number of hydrogen-bond donors (Lipinski definition) is 2. The quantitative estimate of drug-likeness (QED) is 0.708. The van der Waals surface area contributed by atoms with E-state index in [1.54, 1.807) is 0 Å². The van der Waals surface area contributed by atoms with Crippen molar-refractivity contribution in [3.8, 4) is 0 Å². The Morgan fingerprint density at radius 2 is 1.73 bits per heavy atom. The summed E-state index contributed by atoms with van der Waals surface area (Å²) >= 11 is 5.36. The second-order valence-electron chi connectivity index (χ2n) is 5.11. The largest absolute Gasteiger partial charge is 0.360 e. The molecular weight excluding hydrogens is 204 g/mol. The molecular formula is C12H22N2S. The summed E-state index contributed by atoms with van der Waals surface area (Å²) in [6, 6.07) is 1.26. The molecule has 0 aromatic carbocycles. The molecule has 0 amide bonds. The van der Waals surface area contributed by atoms with E-state index in [4.69, 9.17) is 12.2 Å². The van der Waals surface area contributed by atoms with Gasteiger partial charge in [0.15, 0.2) is 5.11 Å². The first-order chi connectivity index (χ1) is 7.25. The summed E-state index contributed by atoms with van der Waals surface area (Å²) in [7, 11) is 0. The van der Waals surface area contributed by atoms with Crippen molar-refractivity contribution in [2.45, 2.75) is 64.0 Å². The fraction of sp³-hybridized carbons (Fsp3) is 0.917. The van der Waals surface area contributed by atoms with Gasteiger partial charge in [-0.2, -0.15) is 0 Å². The van der Waals surface area contributed by atoms with Gasteiger partial charge in [-0.05, 0) is 43.8 Å². The topological polar surface area (TPSA) is 24.1 Å². The van der Waals surface area contributed by atoms with Crippen molar-refractivity contribution >= 4 is 17.3 Å². The van der Waals surface area contributed by atoms with Gasteiger partial charge in [0.25, 0.3) is 0 Å². The molecule has 2 nitrogen and oxygen atoms in total. The van der Waals surface area contributed by atoms with Gasteiger partial charge in [0.1, 0.15) is 0 Å². The van der Waals surface area contributed by atoms with Crippen LogP contribution in [0.25, 0.3) is 0 Å². The zero-order valence-corrected chi connectivity index (χ0v) is 10.4. The highest BCUT2D eigenvalue weighted by atomic mass is 32.1. The lowest BCUT2D eigenvalue weighted by Crippen LogP contribution is -2.46. The smallest absolute Gasteiger partial charge is 0.166 e. The molecule has 0 radical (unpaired) electrons. The summed E-state index contributed by atoms with van der Waals surface area (Å²) in [5, 5.41) is 7.81. The Morgan fingerprint density at radius 3 is 2.33 bits per heavy atom. The fourth-order valence-corrected chi connectivity index (χ4v) is 3.14. The molecule has 0 aromatic rings. The van der Waals surface area contributed by atoms with E-state index in [-0.39, 0.29) is 0 Å². The normalized spacial score (nSPS) is 31.8. The van der Waals surface area contributed by atoms with Crippen molar-refractivity contribution in [3.05, 3.63) is 0 Å². The fourth-order valence-electron chi connectivity index (χ4n) is 2.83. The molecule has 2 unspecified atom stereocenters. The molecule has 0 aromatic heterocycles. The number of thiocarbonyl (C=S) groups is 1. The summed E-state index contributed by atoms with van der Waals surface area (Å²) in [6.07, 6.45) is 9.30. The van der Waals surface area contributed by atoms with Crippen molar-refractivity contribution in [2.24, 2.45) is 5.92 Å². The van der Waals surface area contributed by atoms with E-state index in [2.05, 4.69) is 17.6 Å². The Hall–Kier alpha value is -0.310. The van der Waals surface area contributed by atoms with E-state index in [1.165, 1.54) is 44.9 Å². The van der Waals surface area contributed by atoms with E-state index >= 15 is 0 Å². The monoisotopic (exact) mass is 226 g/mol. The average Bonchev–Trinajstić information content (AvgIpc) is 2.79. The molecule has 2 aliphatic carbocycles. The average molecular weight is 226 g/mol. The van der Waals surface area contributed by atoms with Gasteiger partial charge in [0.2, 0.25) is 0 Å². The van der Waals surface area contributed by atoms with Crippen molar-refractivity contribution in [2.75, 3.05) is 0 Å². The van der Waals surface area contributed by atoms with Crippen molar-refractivity contribution in [3.63, 3.8) is 0 Å². The van der Waals surface area contributed by atoms with Gasteiger partial charge in [-0.1, -0.05) is 26.2 Å². The molecule has 2 aliphatic rings. The third-order valence-corrected chi connectivity index (χ3v) is 4.10. The predicted octanol–water partition coefficient (Wildman–Crippen LogP) is 2.58. The Labute approximate surface area is 98.2 Å². The van der Waals surface area contributed by atoms with Crippen LogP contribution in [-0.2, 0) is 0 Å². The van der Waals surface area contributed by atoms with Crippen LogP contribution in [0.4, 0.5) is 0 Å². The van der Waals surface area contributed by atoms with E-state index < -0.39 is 0 Å². The highest BCUT2D eigenvalue weighted by Crippen LogP contribution is 2.24. The summed E-state index contributed by atoms with van der Waals surface area (Å²) in [5.74, 6) is 0.785. The zero-order chi connectivity index (χ0) is 10.7. The highest BCUT2D eigenvalue weighted by molar-refractivity contribution is 7.80. The Bertz CT molecular complexity index is 224. The first kappa shape index (κ1) is 11.2. The molecule has 2 fully saturated rings. The van der Waals surface area contributed by atoms with Crippen molar-refractivity contribution in [1.82, 2.24) is 10.6 Å². The van der Waals surface area contributed by atoms with Gasteiger partial charge in [-0.25, -0.2) is 0 Å². The van der Waals surface area contributed by atoms with Gasteiger partial charge in [-0.15, -0.1) is 0 Å². The third-order valence-electron chi connectivity index (χ3n) is 3.87. The molecule has 2 N–H and O–H groups in total. The van der Waals surface area contributed by atoms with Crippen molar-refractivity contribution < 1.29 is 0 Å². The number of nitrogens with one attached hydrogen (secondary N) is 2. The maximum atomic E-state index is 5.36. The molecule has 0 heterocycles. The van der Waals surface area contributed by atoms with Crippen LogP contribution in [0.1, 0.15) is 51.9 Å². The maximum Gasteiger partial charge on any atom is 0.166 e. The molecule has 15 heavy (non-hydrogen) atoms. The molecule has 0 bridgehead atoms. The lowest BCUT2D eigenvalue weighted by Gasteiger charge is -2.22. The van der Waals surface area contributed by atoms with Crippen LogP contribution in [0.5, 0.6) is 0 Å². The van der Waals surface area contributed by atoms with E-state index in [0.29, 0.717) is 12.1 Å². The third kappa shape index (κ3) is 3.07. The summed E-state index contributed by atoms with van der Waals surface area (Å²) in [5.41, 5.74) is 0. The van der Waals surface area contributed by atoms with Crippen LogP contribution in [0, 0.1) is 5.92 Å². The van der Waals surface area contributed by atoms with Gasteiger partial charge < -0.3 is 10.6 Å². The SMILES string of the molecule is CC1CCCC1NC(=S)NC1CCCC1. The van der Waals surface area contributed by atoms with Gasteiger partial charge in [0, 0.05) is 12.1 Å². The molecule has 86 valence electrons. The van der Waals surface area contributed by atoms with Gasteiger partial charge >= 0.3 is 0 Å². The van der Waals surface area contributed by atoms with Gasteiger partial charge in [-0.3, -0.25) is 0 Å². The molecule has 0 aliphatic heterocycles. The Morgan fingerprint density at radius 1 is 1.00 bits per heavy atom. The molecule has 3 heteroatoms. The minimum absolute atomic E-state index is 0.617. The summed E-state index contributed by atoms with van der Waals surface area (Å²) < 4.78 is 0. The molecule has 2 atom stereocenters. The zero-order valence-electron chi connectivity index (χ0n) is 9.59. The highest BCUT2D eigenvalue weighted by Gasteiger charge is 2.24. The van der Waals surface area contributed by atoms with Gasteiger partial charge in [0.05, 0.1) is 0 Å². The predicted molar refractivity (Wildman–Crippen MR) is 67.9 cm³/mol. The summed E-state index contributed by atoms with van der Waals surface area (Å²) in [6.45, 7) is 2.32. The lowest BCUT2D eigenvalue weighted by molar-refractivity contribution is 0.479. The lowest BCUT2D eigenvalue weighted by atomic mass is 10.1. The first-order valence-corrected chi connectivity index (χ1v) is 6.73. The second-order valence-corrected chi connectivity index (χ2v) is 5.52. The van der Waals surface area contributed by atoms with Crippen LogP contribution >= 0.6 is 12.2 Å².